The minimum Gasteiger partial charge on any atom is -0.550 e. The first-order valence-electron chi connectivity index (χ1n) is 19.9. The summed E-state index contributed by atoms with van der Waals surface area (Å²) in [4.78, 5) is 20.5. The van der Waals surface area contributed by atoms with Gasteiger partial charge in [-0.3, -0.25) is 0 Å². The van der Waals surface area contributed by atoms with Gasteiger partial charge < -0.3 is 19.8 Å². The van der Waals surface area contributed by atoms with Gasteiger partial charge in [-0.15, -0.1) is 0 Å². The molecule has 0 atom stereocenters. The van der Waals surface area contributed by atoms with E-state index >= 15 is 0 Å². The SMILES string of the molecule is CCCCCCCCCCCCCCCCCC(=O)[O-].CCCCCCCCCCCCCCCCCCCCCC(=O)[O-].[K+].[K+]. The van der Waals surface area contributed by atoms with Crippen molar-refractivity contribution in [1.82, 2.24) is 0 Å². The first-order valence-corrected chi connectivity index (χ1v) is 19.9. The van der Waals surface area contributed by atoms with Gasteiger partial charge in [-0.25, -0.2) is 0 Å². The molecule has 0 aromatic heterocycles. The summed E-state index contributed by atoms with van der Waals surface area (Å²) in [5.74, 6) is -1.80. The molecule has 0 aliphatic rings. The summed E-state index contributed by atoms with van der Waals surface area (Å²) in [7, 11) is 0. The van der Waals surface area contributed by atoms with Gasteiger partial charge in [-0.2, -0.15) is 0 Å². The van der Waals surface area contributed by atoms with Gasteiger partial charge in [0.25, 0.3) is 0 Å². The van der Waals surface area contributed by atoms with Crippen LogP contribution in [0.1, 0.15) is 245 Å². The number of carbonyl (C=O) groups excluding carboxylic acids is 2. The molecule has 0 N–H and O–H groups in total. The molecule has 0 saturated heterocycles. The normalized spacial score (nSPS) is 10.5. The summed E-state index contributed by atoms with van der Waals surface area (Å²) in [6.45, 7) is 4.55. The zero-order valence-electron chi connectivity index (χ0n) is 32.1. The maximum atomic E-state index is 10.3. The van der Waals surface area contributed by atoms with Crippen LogP contribution < -0.4 is 113 Å². The van der Waals surface area contributed by atoms with E-state index < -0.39 is 11.9 Å². The molecule has 0 unspecified atom stereocenters. The maximum absolute atomic E-state index is 10.3. The third kappa shape index (κ3) is 58.4. The topological polar surface area (TPSA) is 80.3 Å². The van der Waals surface area contributed by atoms with Crippen molar-refractivity contribution in [3.63, 3.8) is 0 Å². The molecule has 264 valence electrons. The van der Waals surface area contributed by atoms with E-state index in [4.69, 9.17) is 0 Å². The van der Waals surface area contributed by atoms with E-state index in [1.807, 2.05) is 0 Å². The van der Waals surface area contributed by atoms with Crippen molar-refractivity contribution in [2.75, 3.05) is 0 Å². The molecule has 0 radical (unpaired) electrons. The van der Waals surface area contributed by atoms with Crippen LogP contribution in [-0.2, 0) is 9.59 Å². The van der Waals surface area contributed by atoms with Gasteiger partial charge in [0.1, 0.15) is 0 Å². The van der Waals surface area contributed by atoms with Crippen LogP contribution in [0.5, 0.6) is 0 Å². The van der Waals surface area contributed by atoms with Crippen molar-refractivity contribution in [2.45, 2.75) is 245 Å². The quantitative estimate of drug-likeness (QED) is 0.0633. The van der Waals surface area contributed by atoms with Crippen LogP contribution in [0.25, 0.3) is 0 Å². The Morgan fingerprint density at radius 1 is 0.283 bits per heavy atom. The number of carboxylic acid groups (broad SMARTS) is 2. The second kappa shape index (κ2) is 51.6. The van der Waals surface area contributed by atoms with E-state index in [0.29, 0.717) is 0 Å². The second-order valence-electron chi connectivity index (χ2n) is 13.6. The standard InChI is InChI=1S/C22H44O2.C18H36O2.2K/c1-2-3-4-5-6-7-8-9-10-11-12-13-14-15-16-17-18-19-20-21-22(23)24;1-2-3-4-5-6-7-8-9-10-11-12-13-14-15-16-17-18(19)20;;/h2-21H2,1H3,(H,23,24);2-17H2,1H3,(H,19,20);;/q;;2*+1/p-2. The molecular weight excluding hydrogens is 623 g/mol. The fourth-order valence-corrected chi connectivity index (χ4v) is 5.99. The molecule has 0 aliphatic carbocycles. The molecule has 0 bridgehead atoms. The second-order valence-corrected chi connectivity index (χ2v) is 13.6. The van der Waals surface area contributed by atoms with Gasteiger partial charge in [0.15, 0.2) is 0 Å². The summed E-state index contributed by atoms with van der Waals surface area (Å²) in [6.07, 6.45) is 45.6. The monoisotopic (exact) mass is 701 g/mol. The number of hydrogen-bond donors (Lipinski definition) is 0. The summed E-state index contributed by atoms with van der Waals surface area (Å²) in [6, 6.07) is 0. The number of unbranched alkanes of at least 4 members (excludes halogenated alkanes) is 32. The van der Waals surface area contributed by atoms with Gasteiger partial charge in [0.05, 0.1) is 0 Å². The third-order valence-corrected chi connectivity index (χ3v) is 8.97. The van der Waals surface area contributed by atoms with E-state index in [1.54, 1.807) is 0 Å². The van der Waals surface area contributed by atoms with Crippen LogP contribution in [0.2, 0.25) is 0 Å². The first-order chi connectivity index (χ1) is 21.5. The molecule has 0 rings (SSSR count). The van der Waals surface area contributed by atoms with Crippen LogP contribution in [-0.4, -0.2) is 11.9 Å². The van der Waals surface area contributed by atoms with Crippen LogP contribution in [0, 0.1) is 0 Å². The molecule has 0 heterocycles. The van der Waals surface area contributed by atoms with Crippen molar-refractivity contribution in [2.24, 2.45) is 0 Å². The van der Waals surface area contributed by atoms with Crippen molar-refractivity contribution in [3.05, 3.63) is 0 Å². The predicted molar refractivity (Wildman–Crippen MR) is 188 cm³/mol. The maximum Gasteiger partial charge on any atom is 1.00 e. The molecule has 4 nitrogen and oxygen atoms in total. The number of aliphatic carboxylic acids is 2. The number of hydrogen-bond acceptors (Lipinski definition) is 4. The molecule has 0 saturated carbocycles. The van der Waals surface area contributed by atoms with Crippen LogP contribution >= 0.6 is 0 Å². The average molecular weight is 701 g/mol. The summed E-state index contributed by atoms with van der Waals surface area (Å²) in [5.41, 5.74) is 0. The Kier molecular flexibility index (Phi) is 61.6. The van der Waals surface area contributed by atoms with E-state index in [2.05, 4.69) is 13.8 Å². The third-order valence-electron chi connectivity index (χ3n) is 8.97. The van der Waals surface area contributed by atoms with Crippen molar-refractivity contribution in [1.29, 1.82) is 0 Å². The van der Waals surface area contributed by atoms with Gasteiger partial charge in [0, 0.05) is 11.9 Å². The minimum absolute atomic E-state index is 0. The fourth-order valence-electron chi connectivity index (χ4n) is 5.99. The van der Waals surface area contributed by atoms with Gasteiger partial charge in [0.2, 0.25) is 0 Å². The Bertz CT molecular complexity index is 559. The predicted octanol–water partition coefficient (Wildman–Crippen LogP) is 5.56. The minimum atomic E-state index is -0.903. The largest absolute Gasteiger partial charge is 1.00 e. The Balaban J connectivity index is -0.000000373. The number of carboxylic acids is 2. The fraction of sp³-hybridized carbons (Fsp3) is 0.950. The summed E-state index contributed by atoms with van der Waals surface area (Å²) >= 11 is 0. The smallest absolute Gasteiger partial charge is 0.550 e. The van der Waals surface area contributed by atoms with Crippen LogP contribution in [0.3, 0.4) is 0 Å². The molecule has 0 aromatic rings. The molecule has 46 heavy (non-hydrogen) atoms. The summed E-state index contributed by atoms with van der Waals surface area (Å²) < 4.78 is 0. The van der Waals surface area contributed by atoms with E-state index in [1.165, 1.54) is 193 Å². The van der Waals surface area contributed by atoms with Gasteiger partial charge in [-0.1, -0.05) is 219 Å². The van der Waals surface area contributed by atoms with Gasteiger partial charge in [-0.05, 0) is 25.7 Å². The first kappa shape index (κ1) is 55.0. The molecule has 0 fully saturated rings. The van der Waals surface area contributed by atoms with Crippen LogP contribution in [0.15, 0.2) is 0 Å². The molecule has 0 aliphatic heterocycles. The Hall–Kier alpha value is 2.21. The summed E-state index contributed by atoms with van der Waals surface area (Å²) in [5, 5.41) is 20.5. The molecular formula is C40H78K2O4. The van der Waals surface area contributed by atoms with Crippen molar-refractivity contribution >= 4 is 11.9 Å². The van der Waals surface area contributed by atoms with Crippen LogP contribution in [0.4, 0.5) is 0 Å². The molecule has 0 amide bonds. The number of rotatable bonds is 36. The van der Waals surface area contributed by atoms with E-state index in [0.717, 1.165) is 25.7 Å². The zero-order chi connectivity index (χ0) is 32.6. The van der Waals surface area contributed by atoms with Gasteiger partial charge >= 0.3 is 103 Å². The number of carbonyl (C=O) groups is 2. The molecule has 6 heteroatoms. The van der Waals surface area contributed by atoms with E-state index in [9.17, 15) is 19.8 Å². The Labute approximate surface area is 374 Å². The average Bonchev–Trinajstić information content (AvgIpc) is 3.00. The Morgan fingerprint density at radius 3 is 0.543 bits per heavy atom. The van der Waals surface area contributed by atoms with E-state index in [-0.39, 0.29) is 116 Å². The molecule has 0 spiro atoms. The Morgan fingerprint density at radius 2 is 0.413 bits per heavy atom. The van der Waals surface area contributed by atoms with Crippen molar-refractivity contribution < 1.29 is 123 Å². The molecule has 0 aromatic carbocycles. The van der Waals surface area contributed by atoms with Crippen molar-refractivity contribution in [3.8, 4) is 0 Å². The zero-order valence-corrected chi connectivity index (χ0v) is 38.3.